The molecule has 0 fully saturated rings. The number of hydrazine groups is 1. The summed E-state index contributed by atoms with van der Waals surface area (Å²) >= 11 is 3.32. The van der Waals surface area contributed by atoms with Crippen molar-refractivity contribution in [3.63, 3.8) is 0 Å². The summed E-state index contributed by atoms with van der Waals surface area (Å²) in [5.41, 5.74) is 5.56. The molecule has 31 heavy (non-hydrogen) atoms. The predicted molar refractivity (Wildman–Crippen MR) is 121 cm³/mol. The van der Waals surface area contributed by atoms with Crippen molar-refractivity contribution in [2.45, 2.75) is 33.1 Å². The van der Waals surface area contributed by atoms with E-state index < -0.39 is 11.8 Å². The van der Waals surface area contributed by atoms with E-state index in [2.05, 4.69) is 32.1 Å². The van der Waals surface area contributed by atoms with Crippen LogP contribution in [0.5, 0.6) is 11.5 Å². The molecule has 0 bridgehead atoms. The van der Waals surface area contributed by atoms with Crippen molar-refractivity contribution in [3.8, 4) is 11.5 Å². The summed E-state index contributed by atoms with van der Waals surface area (Å²) < 4.78 is 11.6. The van der Waals surface area contributed by atoms with Gasteiger partial charge in [-0.3, -0.25) is 25.2 Å². The smallest absolute Gasteiger partial charge is 0.273 e. The molecule has 9 heteroatoms. The second-order valence-electron chi connectivity index (χ2n) is 6.50. The summed E-state index contributed by atoms with van der Waals surface area (Å²) in [6.07, 6.45) is 0.685. The maximum Gasteiger partial charge on any atom is 0.273 e. The quantitative estimate of drug-likeness (QED) is 0.438. The van der Waals surface area contributed by atoms with E-state index in [1.54, 1.807) is 42.5 Å². The number of hydrogen-bond acceptors (Lipinski definition) is 5. The molecule has 0 spiro atoms. The number of hydrogen-bond donors (Lipinski definition) is 3. The Morgan fingerprint density at radius 2 is 1.61 bits per heavy atom. The minimum absolute atomic E-state index is 0.0311. The van der Waals surface area contributed by atoms with E-state index >= 15 is 0 Å². The third kappa shape index (κ3) is 8.29. The molecule has 3 N–H and O–H groups in total. The highest BCUT2D eigenvalue weighted by Gasteiger charge is 2.15. The van der Waals surface area contributed by atoms with Crippen molar-refractivity contribution < 1.29 is 23.9 Å². The molecule has 2 rings (SSSR count). The van der Waals surface area contributed by atoms with Gasteiger partial charge in [0.05, 0.1) is 18.8 Å². The van der Waals surface area contributed by atoms with Gasteiger partial charge in [-0.15, -0.1) is 0 Å². The van der Waals surface area contributed by atoms with Crippen LogP contribution in [0, 0.1) is 0 Å². The molecule has 0 aliphatic heterocycles. The second kappa shape index (κ2) is 12.6. The highest BCUT2D eigenvalue weighted by atomic mass is 79.9. The molecule has 2 aromatic carbocycles. The van der Waals surface area contributed by atoms with Crippen molar-refractivity contribution in [1.82, 2.24) is 10.9 Å². The first kappa shape index (κ1) is 24.2. The van der Waals surface area contributed by atoms with Gasteiger partial charge < -0.3 is 14.8 Å². The van der Waals surface area contributed by atoms with Crippen molar-refractivity contribution in [1.29, 1.82) is 0 Å². The predicted octanol–water partition coefficient (Wildman–Crippen LogP) is 3.82. The Hall–Kier alpha value is -3.07. The van der Waals surface area contributed by atoms with E-state index in [0.29, 0.717) is 34.9 Å². The third-order valence-corrected chi connectivity index (χ3v) is 4.48. The second-order valence-corrected chi connectivity index (χ2v) is 7.41. The average molecular weight is 492 g/mol. The summed E-state index contributed by atoms with van der Waals surface area (Å²) in [5, 5.41) is 2.71. The van der Waals surface area contributed by atoms with Gasteiger partial charge >= 0.3 is 0 Å². The Bertz CT molecular complexity index is 903. The molecular weight excluding hydrogens is 466 g/mol. The van der Waals surface area contributed by atoms with E-state index in [1.165, 1.54) is 0 Å². The fraction of sp³-hybridized carbons (Fsp3) is 0.318. The molecule has 0 aliphatic rings. The summed E-state index contributed by atoms with van der Waals surface area (Å²) in [6, 6.07) is 12.0. The van der Waals surface area contributed by atoms with Gasteiger partial charge in [0.15, 0.2) is 0 Å². The first-order chi connectivity index (χ1) is 14.9. The Kier molecular flexibility index (Phi) is 9.83. The van der Waals surface area contributed by atoms with Crippen molar-refractivity contribution >= 4 is 39.3 Å². The maximum atomic E-state index is 12.4. The molecule has 0 aliphatic carbocycles. The monoisotopic (exact) mass is 491 g/mol. The molecule has 3 amide bonds. The minimum Gasteiger partial charge on any atom is -0.494 e. The number of carbonyl (C=O) groups is 3. The first-order valence-electron chi connectivity index (χ1n) is 9.97. The molecule has 8 nitrogen and oxygen atoms in total. The van der Waals surface area contributed by atoms with Gasteiger partial charge in [0, 0.05) is 23.0 Å². The van der Waals surface area contributed by atoms with E-state index in [0.717, 1.165) is 6.42 Å². The van der Waals surface area contributed by atoms with E-state index in [1.807, 2.05) is 13.8 Å². The lowest BCUT2D eigenvalue weighted by Gasteiger charge is -2.12. The molecule has 0 aromatic heterocycles. The number of amides is 3. The fourth-order valence-corrected chi connectivity index (χ4v) is 2.89. The SMILES string of the molecule is CCCOc1ccc(Br)cc1C(=O)NNC(=O)CCC(=O)Nc1ccc(OCC)cc1. The van der Waals surface area contributed by atoms with Crippen LogP contribution in [0.15, 0.2) is 46.9 Å². The van der Waals surface area contributed by atoms with Crippen LogP contribution < -0.4 is 25.6 Å². The topological polar surface area (TPSA) is 106 Å². The van der Waals surface area contributed by atoms with Crippen LogP contribution in [-0.2, 0) is 9.59 Å². The van der Waals surface area contributed by atoms with Crippen LogP contribution in [0.3, 0.4) is 0 Å². The van der Waals surface area contributed by atoms with Crippen molar-refractivity contribution in [2.24, 2.45) is 0 Å². The zero-order chi connectivity index (χ0) is 22.6. The summed E-state index contributed by atoms with van der Waals surface area (Å²) in [4.78, 5) is 36.5. The molecule has 0 heterocycles. The Balaban J connectivity index is 1.79. The van der Waals surface area contributed by atoms with Crippen LogP contribution in [0.2, 0.25) is 0 Å². The molecule has 2 aromatic rings. The first-order valence-corrected chi connectivity index (χ1v) is 10.8. The normalized spacial score (nSPS) is 10.2. The summed E-state index contributed by atoms with van der Waals surface area (Å²) in [6.45, 7) is 4.88. The van der Waals surface area contributed by atoms with Gasteiger partial charge in [0.1, 0.15) is 11.5 Å². The number of rotatable bonds is 10. The average Bonchev–Trinajstić information content (AvgIpc) is 2.76. The molecule has 0 saturated carbocycles. The fourth-order valence-electron chi connectivity index (χ4n) is 2.53. The lowest BCUT2D eigenvalue weighted by molar-refractivity contribution is -0.124. The Morgan fingerprint density at radius 1 is 0.903 bits per heavy atom. The standard InChI is InChI=1S/C22H26BrN3O5/c1-3-13-31-19-10-5-15(23)14-18(19)22(29)26-25-21(28)12-11-20(27)24-16-6-8-17(9-7-16)30-4-2/h5-10,14H,3-4,11-13H2,1-2H3,(H,24,27)(H,25,28)(H,26,29). The molecule has 0 unspecified atom stereocenters. The molecule has 0 saturated heterocycles. The van der Waals surface area contributed by atoms with E-state index in [9.17, 15) is 14.4 Å². The minimum atomic E-state index is -0.514. The number of halogens is 1. The van der Waals surface area contributed by atoms with Gasteiger partial charge in [-0.25, -0.2) is 0 Å². The maximum absolute atomic E-state index is 12.4. The lowest BCUT2D eigenvalue weighted by Crippen LogP contribution is -2.42. The number of carbonyl (C=O) groups excluding carboxylic acids is 3. The highest BCUT2D eigenvalue weighted by molar-refractivity contribution is 9.10. The molecular formula is C22H26BrN3O5. The zero-order valence-corrected chi connectivity index (χ0v) is 19.1. The van der Waals surface area contributed by atoms with Crippen LogP contribution >= 0.6 is 15.9 Å². The van der Waals surface area contributed by atoms with Gasteiger partial charge in [0.25, 0.3) is 5.91 Å². The van der Waals surface area contributed by atoms with Crippen LogP contribution in [0.4, 0.5) is 5.69 Å². The number of ether oxygens (including phenoxy) is 2. The number of anilines is 1. The molecule has 0 atom stereocenters. The van der Waals surface area contributed by atoms with Gasteiger partial charge in [-0.1, -0.05) is 22.9 Å². The van der Waals surface area contributed by atoms with Gasteiger partial charge in [-0.05, 0) is 55.8 Å². The Labute approximate surface area is 189 Å². The van der Waals surface area contributed by atoms with E-state index in [-0.39, 0.29) is 24.3 Å². The molecule has 0 radical (unpaired) electrons. The van der Waals surface area contributed by atoms with E-state index in [4.69, 9.17) is 9.47 Å². The van der Waals surface area contributed by atoms with Crippen LogP contribution in [0.25, 0.3) is 0 Å². The number of nitrogens with one attached hydrogen (secondary N) is 3. The number of benzene rings is 2. The summed E-state index contributed by atoms with van der Waals surface area (Å²) in [7, 11) is 0. The highest BCUT2D eigenvalue weighted by Crippen LogP contribution is 2.23. The zero-order valence-electron chi connectivity index (χ0n) is 17.5. The van der Waals surface area contributed by atoms with Gasteiger partial charge in [0.2, 0.25) is 11.8 Å². The third-order valence-electron chi connectivity index (χ3n) is 3.99. The van der Waals surface area contributed by atoms with Crippen molar-refractivity contribution in [2.75, 3.05) is 18.5 Å². The van der Waals surface area contributed by atoms with Gasteiger partial charge in [-0.2, -0.15) is 0 Å². The van der Waals surface area contributed by atoms with Crippen molar-refractivity contribution in [3.05, 3.63) is 52.5 Å². The largest absolute Gasteiger partial charge is 0.494 e. The Morgan fingerprint density at radius 3 is 2.29 bits per heavy atom. The summed E-state index contributed by atoms with van der Waals surface area (Å²) in [5.74, 6) is -0.176. The van der Waals surface area contributed by atoms with Crippen LogP contribution in [0.1, 0.15) is 43.5 Å². The lowest BCUT2D eigenvalue weighted by atomic mass is 10.2. The van der Waals surface area contributed by atoms with Crippen LogP contribution in [-0.4, -0.2) is 30.9 Å². The molecule has 166 valence electrons.